The van der Waals surface area contributed by atoms with Crippen molar-refractivity contribution in [3.8, 4) is 0 Å². The number of nitrogens with zero attached hydrogens (tertiary/aromatic N) is 5. The lowest BCUT2D eigenvalue weighted by atomic mass is 10.0. The Morgan fingerprint density at radius 2 is 1.97 bits per heavy atom. The molecule has 152 valence electrons. The average molecular weight is 393 g/mol. The summed E-state index contributed by atoms with van der Waals surface area (Å²) in [7, 11) is 0. The molecule has 29 heavy (non-hydrogen) atoms. The Bertz CT molecular complexity index is 876. The maximum Gasteiger partial charge on any atom is 0.292 e. The van der Waals surface area contributed by atoms with E-state index in [1.807, 2.05) is 31.2 Å². The highest BCUT2D eigenvalue weighted by molar-refractivity contribution is 5.95. The van der Waals surface area contributed by atoms with Crippen molar-refractivity contribution in [2.75, 3.05) is 24.6 Å². The molecule has 0 spiro atoms. The highest BCUT2D eigenvalue weighted by Crippen LogP contribution is 2.24. The highest BCUT2D eigenvalue weighted by atomic mass is 16.5. The predicted molar refractivity (Wildman–Crippen MR) is 114 cm³/mol. The van der Waals surface area contributed by atoms with Crippen molar-refractivity contribution in [1.82, 2.24) is 15.3 Å². The first kappa shape index (κ1) is 19.2. The van der Waals surface area contributed by atoms with Gasteiger partial charge in [-0.1, -0.05) is 30.3 Å². The minimum absolute atomic E-state index is 0.0832. The van der Waals surface area contributed by atoms with E-state index in [0.29, 0.717) is 18.6 Å². The fraction of sp³-hybridized carbons (Fsp3) is 0.429. The zero-order chi connectivity index (χ0) is 20.1. The van der Waals surface area contributed by atoms with Gasteiger partial charge >= 0.3 is 0 Å². The van der Waals surface area contributed by atoms with Crippen molar-refractivity contribution in [3.05, 3.63) is 54.0 Å². The van der Waals surface area contributed by atoms with Gasteiger partial charge in [0, 0.05) is 31.3 Å². The third-order valence-corrected chi connectivity index (χ3v) is 5.22. The van der Waals surface area contributed by atoms with E-state index in [1.165, 1.54) is 5.56 Å². The lowest BCUT2D eigenvalue weighted by Gasteiger charge is -2.31. The van der Waals surface area contributed by atoms with Crippen molar-refractivity contribution < 1.29 is 4.74 Å². The maximum absolute atomic E-state index is 6.13. The normalized spacial score (nSPS) is 20.7. The van der Waals surface area contributed by atoms with E-state index in [0.717, 1.165) is 43.9 Å². The molecule has 0 radical (unpaired) electrons. The first-order chi connectivity index (χ1) is 14.2. The fourth-order valence-corrected chi connectivity index (χ4v) is 3.67. The molecule has 8 heteroatoms. The molecule has 0 bridgehead atoms. The number of piperidine rings is 1. The van der Waals surface area contributed by atoms with E-state index in [-0.39, 0.29) is 12.1 Å². The van der Waals surface area contributed by atoms with Crippen molar-refractivity contribution in [2.45, 2.75) is 38.3 Å². The van der Waals surface area contributed by atoms with Gasteiger partial charge in [0.2, 0.25) is 0 Å². The Balaban J connectivity index is 1.33. The van der Waals surface area contributed by atoms with Gasteiger partial charge in [0.1, 0.15) is 12.1 Å². The summed E-state index contributed by atoms with van der Waals surface area (Å²) in [6, 6.07) is 12.9. The van der Waals surface area contributed by atoms with Crippen LogP contribution in [0.15, 0.2) is 52.7 Å². The van der Waals surface area contributed by atoms with Crippen molar-refractivity contribution in [1.29, 1.82) is 0 Å². The van der Waals surface area contributed by atoms with E-state index < -0.39 is 0 Å². The molecule has 2 aliphatic heterocycles. The fourth-order valence-electron chi connectivity index (χ4n) is 3.67. The van der Waals surface area contributed by atoms with Crippen molar-refractivity contribution >= 4 is 17.8 Å². The summed E-state index contributed by atoms with van der Waals surface area (Å²) in [5.74, 6) is 1.33. The van der Waals surface area contributed by atoms with Crippen molar-refractivity contribution in [3.63, 3.8) is 0 Å². The number of nitrogens with one attached hydrogen (secondary N) is 1. The summed E-state index contributed by atoms with van der Waals surface area (Å²) in [4.78, 5) is 20.1. The molecule has 3 N–H and O–H groups in total. The van der Waals surface area contributed by atoms with Gasteiger partial charge in [-0.25, -0.2) is 20.0 Å². The number of ether oxygens (including phenoxy) is 1. The molecule has 1 saturated heterocycles. The van der Waals surface area contributed by atoms with Crippen LogP contribution in [0.1, 0.15) is 36.6 Å². The van der Waals surface area contributed by atoms with Crippen LogP contribution in [0.2, 0.25) is 0 Å². The zero-order valence-corrected chi connectivity index (χ0v) is 16.7. The SMILES string of the molecule is Cc1cc(N2CCC(N=C(N)NC3=NC(c4ccccc4)CCO3)CC2)ncn1. The van der Waals surface area contributed by atoms with Crippen LogP contribution >= 0.6 is 0 Å². The first-order valence-electron chi connectivity index (χ1n) is 10.1. The minimum Gasteiger partial charge on any atom is -0.465 e. The molecule has 1 atom stereocenters. The zero-order valence-electron chi connectivity index (χ0n) is 16.7. The number of rotatable bonds is 3. The molecule has 4 rings (SSSR count). The molecular weight excluding hydrogens is 366 g/mol. The first-order valence-corrected chi connectivity index (χ1v) is 10.1. The van der Waals surface area contributed by atoms with Gasteiger partial charge in [0.15, 0.2) is 5.96 Å². The van der Waals surface area contributed by atoms with E-state index in [1.54, 1.807) is 6.33 Å². The predicted octanol–water partition coefficient (Wildman–Crippen LogP) is 2.18. The summed E-state index contributed by atoms with van der Waals surface area (Å²) < 4.78 is 5.63. The number of aliphatic imine (C=N–C) groups is 2. The second kappa shape index (κ2) is 8.89. The molecular formula is C21H27N7O. The Morgan fingerprint density at radius 1 is 1.17 bits per heavy atom. The lowest BCUT2D eigenvalue weighted by molar-refractivity contribution is 0.251. The number of anilines is 1. The minimum atomic E-state index is 0.0832. The quantitative estimate of drug-likeness (QED) is 0.612. The summed E-state index contributed by atoms with van der Waals surface area (Å²) in [6.45, 7) is 4.37. The second-order valence-corrected chi connectivity index (χ2v) is 7.37. The van der Waals surface area contributed by atoms with Crippen LogP contribution in [0.25, 0.3) is 0 Å². The van der Waals surface area contributed by atoms with Gasteiger partial charge < -0.3 is 15.4 Å². The van der Waals surface area contributed by atoms with Gasteiger partial charge in [0.05, 0.1) is 18.7 Å². The number of aromatic nitrogens is 2. The standard InChI is InChI=1S/C21H27N7O/c1-15-13-19(24-14-23-15)28-10-7-17(8-11-28)25-20(22)27-21-26-18(9-12-29-21)16-5-3-2-4-6-16/h2-6,13-14,17-18H,7-12H2,1H3,(H3,22,25,26,27). The summed E-state index contributed by atoms with van der Waals surface area (Å²) in [5, 5.41) is 3.04. The van der Waals surface area contributed by atoms with E-state index in [2.05, 4.69) is 42.3 Å². The molecule has 2 aromatic rings. The number of hydrogen-bond donors (Lipinski definition) is 2. The number of amidine groups is 1. The third kappa shape index (κ3) is 5.01. The third-order valence-electron chi connectivity index (χ3n) is 5.22. The smallest absolute Gasteiger partial charge is 0.292 e. The molecule has 1 aromatic carbocycles. The Hall–Kier alpha value is -3.16. The van der Waals surface area contributed by atoms with E-state index in [9.17, 15) is 0 Å². The van der Waals surface area contributed by atoms with Gasteiger partial charge in [-0.3, -0.25) is 5.32 Å². The highest BCUT2D eigenvalue weighted by Gasteiger charge is 2.21. The molecule has 1 fully saturated rings. The van der Waals surface area contributed by atoms with Crippen LogP contribution in [-0.2, 0) is 4.74 Å². The molecule has 3 heterocycles. The number of nitrogens with two attached hydrogens (primary N) is 1. The van der Waals surface area contributed by atoms with Gasteiger partial charge in [0.25, 0.3) is 6.02 Å². The van der Waals surface area contributed by atoms with Crippen LogP contribution in [0, 0.1) is 6.92 Å². The summed E-state index contributed by atoms with van der Waals surface area (Å²) >= 11 is 0. The number of hydrogen-bond acceptors (Lipinski definition) is 6. The Labute approximate surface area is 170 Å². The van der Waals surface area contributed by atoms with Crippen LogP contribution in [0.5, 0.6) is 0 Å². The van der Waals surface area contributed by atoms with Crippen molar-refractivity contribution in [2.24, 2.45) is 15.7 Å². The van der Waals surface area contributed by atoms with Gasteiger partial charge in [-0.05, 0) is 25.3 Å². The molecule has 0 amide bonds. The van der Waals surface area contributed by atoms with Crippen LogP contribution in [0.4, 0.5) is 5.82 Å². The summed E-state index contributed by atoms with van der Waals surface area (Å²) in [5.41, 5.74) is 8.29. The number of aryl methyl sites for hydroxylation is 1. The number of benzene rings is 1. The number of guanidine groups is 1. The topological polar surface area (TPSA) is 101 Å². The van der Waals surface area contributed by atoms with Gasteiger partial charge in [-0.2, -0.15) is 0 Å². The monoisotopic (exact) mass is 393 g/mol. The molecule has 2 aliphatic rings. The van der Waals surface area contributed by atoms with E-state index >= 15 is 0 Å². The van der Waals surface area contributed by atoms with Crippen LogP contribution in [-0.4, -0.2) is 47.7 Å². The maximum atomic E-state index is 6.13. The Morgan fingerprint density at radius 3 is 2.72 bits per heavy atom. The molecule has 1 aromatic heterocycles. The van der Waals surface area contributed by atoms with E-state index in [4.69, 9.17) is 10.5 Å². The largest absolute Gasteiger partial charge is 0.465 e. The van der Waals surface area contributed by atoms with Crippen LogP contribution < -0.4 is 16.0 Å². The molecule has 0 saturated carbocycles. The van der Waals surface area contributed by atoms with Gasteiger partial charge in [-0.15, -0.1) is 0 Å². The average Bonchev–Trinajstić information content (AvgIpc) is 2.75. The van der Waals surface area contributed by atoms with Crippen LogP contribution in [0.3, 0.4) is 0 Å². The lowest BCUT2D eigenvalue weighted by Crippen LogP contribution is -2.42. The second-order valence-electron chi connectivity index (χ2n) is 7.37. The Kier molecular flexibility index (Phi) is 5.88. The molecule has 1 unspecified atom stereocenters. The summed E-state index contributed by atoms with van der Waals surface area (Å²) in [6.07, 6.45) is 4.31. The molecule has 8 nitrogen and oxygen atoms in total. The molecule has 0 aliphatic carbocycles.